The number of benzene rings is 4. The van der Waals surface area contributed by atoms with Gasteiger partial charge in [-0.3, -0.25) is 0 Å². The third kappa shape index (κ3) is 23.7. The highest BCUT2D eigenvalue weighted by atomic mass is 28.3. The normalized spacial score (nSPS) is 12.4. The van der Waals surface area contributed by atoms with Gasteiger partial charge >= 0.3 is 0 Å². The van der Waals surface area contributed by atoms with Crippen molar-refractivity contribution in [3.8, 4) is 45.0 Å². The van der Waals surface area contributed by atoms with Crippen molar-refractivity contribution in [2.75, 3.05) is 0 Å². The van der Waals surface area contributed by atoms with Gasteiger partial charge in [0, 0.05) is 67.3 Å². The first kappa shape index (κ1) is 92.9. The molecule has 0 bridgehead atoms. The van der Waals surface area contributed by atoms with Gasteiger partial charge in [0.05, 0.1) is 32.3 Å². The van der Waals surface area contributed by atoms with Crippen LogP contribution < -0.4 is 39.0 Å². The van der Waals surface area contributed by atoms with Crippen LogP contribution in [0, 0.1) is 33.6 Å². The summed E-state index contributed by atoms with van der Waals surface area (Å²) in [5, 5.41) is 6.49. The molecule has 0 atom stereocenters. The van der Waals surface area contributed by atoms with Gasteiger partial charge in [-0.2, -0.15) is 0 Å². The first-order valence-electron chi connectivity index (χ1n) is 42.8. The van der Waals surface area contributed by atoms with E-state index in [2.05, 4.69) is 392 Å². The Morgan fingerprint density at radius 3 is 0.815 bits per heavy atom. The minimum Gasteiger partial charge on any atom is -0.201 e. The molecule has 108 heavy (non-hydrogen) atoms. The van der Waals surface area contributed by atoms with E-state index in [9.17, 15) is 0 Å². The average molecular weight is 1530 g/mol. The van der Waals surface area contributed by atoms with E-state index in [1.807, 2.05) is 0 Å². The van der Waals surface area contributed by atoms with Gasteiger partial charge in [0.15, 0.2) is 24.8 Å². The molecule has 4 nitrogen and oxygen atoms in total. The number of hydrogen-bond donors (Lipinski definition) is 0. The second kappa shape index (κ2) is 39.7. The lowest BCUT2D eigenvalue weighted by atomic mass is 9.84. The fourth-order valence-electron chi connectivity index (χ4n) is 16.6. The summed E-state index contributed by atoms with van der Waals surface area (Å²) >= 11 is 0. The molecule has 0 saturated carbocycles. The van der Waals surface area contributed by atoms with Crippen LogP contribution in [0.15, 0.2) is 122 Å². The summed E-state index contributed by atoms with van der Waals surface area (Å²) in [6, 6.07) is 38.2. The third-order valence-electron chi connectivity index (χ3n) is 24.0. The topological polar surface area (TPSA) is 15.5 Å². The van der Waals surface area contributed by atoms with Crippen LogP contribution in [0.1, 0.15) is 284 Å². The van der Waals surface area contributed by atoms with E-state index in [4.69, 9.17) is 0 Å². The fourth-order valence-corrected chi connectivity index (χ4v) is 23.5. The smallest absolute Gasteiger partial charge is 0.201 e. The molecule has 0 aliphatic rings. The van der Waals surface area contributed by atoms with E-state index in [1.54, 1.807) is 43.0 Å². The maximum Gasteiger partial charge on any atom is 0.212 e. The van der Waals surface area contributed by atoms with Crippen molar-refractivity contribution in [2.24, 2.45) is 34.1 Å². The Hall–Kier alpha value is -5.65. The molecule has 8 heteroatoms. The zero-order valence-corrected chi connectivity index (χ0v) is 80.7. The second-order valence-corrected chi connectivity index (χ2v) is 58.6. The quantitative estimate of drug-likeness (QED) is 0.0379. The van der Waals surface area contributed by atoms with E-state index in [0.29, 0.717) is 41.4 Å². The highest BCUT2D eigenvalue weighted by Crippen LogP contribution is 2.37. The van der Waals surface area contributed by atoms with Crippen molar-refractivity contribution in [3.05, 3.63) is 189 Å². The number of hydrogen-bond acceptors (Lipinski definition) is 0. The van der Waals surface area contributed by atoms with Gasteiger partial charge in [0.2, 0.25) is 22.8 Å². The monoisotopic (exact) mass is 1530 g/mol. The van der Waals surface area contributed by atoms with Crippen LogP contribution in [-0.2, 0) is 40.0 Å². The molecule has 0 aliphatic carbocycles. The summed E-state index contributed by atoms with van der Waals surface area (Å²) < 4.78 is 9.50. The standard InChI is InChI=1S/C26H42NSi.2C25H40NSi.C24H38NSi/c1-10-20(11-2)22-15-14-19(5)23(16-22)25-17-24(21(12-3)13-4)26(18-27(25)6)28(7,8)9;1-11-19(12-2)22-16-23(26(7)17-24(22)27(8,9)10)21-15-20(25(4,5)6)14-13-18(21)3;1-10-21(11-2)23-16-24(26(6)17-25(23)27(7,8)9)22-15-20(14-18(3)4)13-12-19(22)5;1-10-19(11-2)22-15-23(25(6)16-24(22)26(7,8)9)21-14-20(17(3)4)13-12-18(21)5/h14-18,20-21H,10-13H2,1-9H3;13-17,19H,11-12H2,1-10H3;12-13,15-18,21H,10-11,14H2,1-9H3;12-17,19H,10-11H2,1-9H3/q4*+1. The van der Waals surface area contributed by atoms with Gasteiger partial charge in [0.25, 0.3) is 0 Å². The van der Waals surface area contributed by atoms with E-state index >= 15 is 0 Å². The molecular weight excluding hydrogens is 1370 g/mol. The third-order valence-corrected chi connectivity index (χ3v) is 32.1. The van der Waals surface area contributed by atoms with E-state index < -0.39 is 32.3 Å². The van der Waals surface area contributed by atoms with Crippen LogP contribution in [-0.4, -0.2) is 32.3 Å². The Morgan fingerprint density at radius 2 is 0.556 bits per heavy atom. The summed E-state index contributed by atoms with van der Waals surface area (Å²) in [6.07, 6.45) is 23.1. The molecule has 0 N–H and O–H groups in total. The van der Waals surface area contributed by atoms with Crippen molar-refractivity contribution in [1.29, 1.82) is 0 Å². The molecule has 0 saturated heterocycles. The first-order valence-corrected chi connectivity index (χ1v) is 56.8. The van der Waals surface area contributed by atoms with E-state index in [-0.39, 0.29) is 5.41 Å². The predicted molar refractivity (Wildman–Crippen MR) is 491 cm³/mol. The van der Waals surface area contributed by atoms with Crippen LogP contribution >= 0.6 is 0 Å². The first-order chi connectivity index (χ1) is 50.2. The maximum atomic E-state index is 2.53. The fraction of sp³-hybridized carbons (Fsp3) is 0.560. The van der Waals surface area contributed by atoms with Crippen LogP contribution in [0.2, 0.25) is 78.6 Å². The Balaban J connectivity index is 0.000000258. The van der Waals surface area contributed by atoms with Gasteiger partial charge in [-0.1, -0.05) is 245 Å². The van der Waals surface area contributed by atoms with Crippen molar-refractivity contribution in [3.63, 3.8) is 0 Å². The number of aromatic nitrogens is 4. The molecular formula is C100H160N4Si4+4. The highest BCUT2D eigenvalue weighted by Gasteiger charge is 2.34. The van der Waals surface area contributed by atoms with Gasteiger partial charge in [0.1, 0.15) is 28.2 Å². The summed E-state index contributed by atoms with van der Waals surface area (Å²) in [7, 11) is 3.31. The molecule has 0 amide bonds. The van der Waals surface area contributed by atoms with Crippen LogP contribution in [0.25, 0.3) is 45.0 Å². The van der Waals surface area contributed by atoms with E-state index in [0.717, 1.165) is 6.42 Å². The van der Waals surface area contributed by atoms with Crippen molar-refractivity contribution >= 4 is 53.0 Å². The lowest BCUT2D eigenvalue weighted by Crippen LogP contribution is -2.47. The van der Waals surface area contributed by atoms with Gasteiger partial charge in [-0.15, -0.1) is 0 Å². The number of rotatable bonds is 26. The molecule has 592 valence electrons. The molecule has 0 spiro atoms. The van der Waals surface area contributed by atoms with E-state index in [1.165, 1.54) is 154 Å². The summed E-state index contributed by atoms with van der Waals surface area (Å²) in [6.45, 7) is 78.0. The van der Waals surface area contributed by atoms with Crippen molar-refractivity contribution < 1.29 is 18.3 Å². The minimum absolute atomic E-state index is 0.164. The Bertz CT molecular complexity index is 4230. The number of aryl methyl sites for hydroxylation is 8. The molecule has 4 aromatic carbocycles. The molecule has 8 aromatic rings. The zero-order valence-electron chi connectivity index (χ0n) is 76.7. The molecule has 0 radical (unpaired) electrons. The Labute approximate surface area is 670 Å². The van der Waals surface area contributed by atoms with Crippen molar-refractivity contribution in [2.45, 2.75) is 336 Å². The van der Waals surface area contributed by atoms with Gasteiger partial charge in [-0.25, -0.2) is 18.3 Å². The number of pyridine rings is 4. The predicted octanol–water partition coefficient (Wildman–Crippen LogP) is 25.3. The highest BCUT2D eigenvalue weighted by molar-refractivity contribution is 6.90. The zero-order chi connectivity index (χ0) is 81.6. The molecule has 0 aliphatic heterocycles. The summed E-state index contributed by atoms with van der Waals surface area (Å²) in [4.78, 5) is 0. The Kier molecular flexibility index (Phi) is 34.2. The van der Waals surface area contributed by atoms with Gasteiger partial charge in [-0.05, 0) is 236 Å². The minimum atomic E-state index is -1.40. The van der Waals surface area contributed by atoms with Gasteiger partial charge < -0.3 is 0 Å². The van der Waals surface area contributed by atoms with Crippen LogP contribution in [0.5, 0.6) is 0 Å². The molecule has 4 heterocycles. The lowest BCUT2D eigenvalue weighted by molar-refractivity contribution is -0.659. The van der Waals surface area contributed by atoms with Crippen LogP contribution in [0.4, 0.5) is 0 Å². The molecule has 4 aromatic heterocycles. The largest absolute Gasteiger partial charge is 0.212 e. The van der Waals surface area contributed by atoms with Crippen LogP contribution in [0.3, 0.4) is 0 Å². The summed E-state index contributed by atoms with van der Waals surface area (Å²) in [5.41, 5.74) is 28.8. The second-order valence-electron chi connectivity index (χ2n) is 38.5. The average Bonchev–Trinajstić information content (AvgIpc) is 0.790. The lowest BCUT2D eigenvalue weighted by Gasteiger charge is -2.25. The maximum absolute atomic E-state index is 2.53. The van der Waals surface area contributed by atoms with Crippen molar-refractivity contribution in [1.82, 2.24) is 0 Å². The SMILES string of the molecule is CCC(CC)c1cc(-c2cc(C(C)(C)C)ccc2C)[n+](C)cc1[Si](C)(C)C.CCC(CC)c1cc(-c2cc(C(C)C)ccc2C)[n+](C)cc1[Si](C)(C)C.CCC(CC)c1cc(-c2cc(CC(C)C)ccc2C)[n+](C)cc1[Si](C)(C)C.CCC(CC)c1ccc(C)c(-c2cc(C(CC)CC)c([Si](C)(C)C)c[n+]2C)c1. The Morgan fingerprint density at radius 1 is 0.306 bits per heavy atom. The summed E-state index contributed by atoms with van der Waals surface area (Å²) in [5.74, 6) is 4.52. The number of nitrogens with zero attached hydrogens (tertiary/aromatic N) is 4. The molecule has 0 unspecified atom stereocenters. The molecule has 8 rings (SSSR count). The molecule has 0 fully saturated rings.